The Morgan fingerprint density at radius 2 is 2.14 bits per heavy atom. The summed E-state index contributed by atoms with van der Waals surface area (Å²) in [6.07, 6.45) is 4.19. The summed E-state index contributed by atoms with van der Waals surface area (Å²) in [6.45, 7) is 3.55. The fraction of sp³-hybridized carbons (Fsp3) is 0.562. The van der Waals surface area contributed by atoms with Crippen LogP contribution in [-0.2, 0) is 4.79 Å². The van der Waals surface area contributed by atoms with E-state index in [-0.39, 0.29) is 5.92 Å². The minimum absolute atomic E-state index is 0.140. The summed E-state index contributed by atoms with van der Waals surface area (Å²) in [7, 11) is 0. The van der Waals surface area contributed by atoms with Crippen molar-refractivity contribution < 1.29 is 4.79 Å². The molecule has 0 radical (unpaired) electrons. The molecule has 1 saturated carbocycles. The van der Waals surface area contributed by atoms with Gasteiger partial charge in [0.15, 0.2) is 0 Å². The maximum atomic E-state index is 12.5. The molecule has 5 heteroatoms. The Hall–Kier alpha value is -2.09. The summed E-state index contributed by atoms with van der Waals surface area (Å²) in [4.78, 5) is 21.1. The van der Waals surface area contributed by atoms with E-state index in [0.717, 1.165) is 37.9 Å². The van der Waals surface area contributed by atoms with E-state index in [1.165, 1.54) is 12.8 Å². The van der Waals surface area contributed by atoms with Gasteiger partial charge in [0.2, 0.25) is 5.91 Å². The van der Waals surface area contributed by atoms with Gasteiger partial charge >= 0.3 is 0 Å². The second-order valence-corrected chi connectivity index (χ2v) is 6.48. The van der Waals surface area contributed by atoms with Crippen LogP contribution in [0.15, 0.2) is 18.3 Å². The molecule has 3 aliphatic rings. The molecule has 2 aliphatic heterocycles. The molecule has 1 aromatic heterocycles. The van der Waals surface area contributed by atoms with Crippen LogP contribution in [0.4, 0.5) is 5.82 Å². The van der Waals surface area contributed by atoms with Crippen LogP contribution in [0.5, 0.6) is 0 Å². The SMILES string of the molecule is N#Cc1ccc(N2C[C@@H]3CN(CC4CC4)C(=O)[C@@H]3C2)nc1. The van der Waals surface area contributed by atoms with E-state index in [1.807, 2.05) is 6.07 Å². The van der Waals surface area contributed by atoms with E-state index in [4.69, 9.17) is 5.26 Å². The molecule has 1 aliphatic carbocycles. The molecule has 21 heavy (non-hydrogen) atoms. The first-order chi connectivity index (χ1) is 10.2. The molecular weight excluding hydrogens is 264 g/mol. The van der Waals surface area contributed by atoms with Crippen LogP contribution in [-0.4, -0.2) is 42.0 Å². The van der Waals surface area contributed by atoms with Gasteiger partial charge in [0, 0.05) is 38.3 Å². The smallest absolute Gasteiger partial charge is 0.227 e. The highest BCUT2D eigenvalue weighted by atomic mass is 16.2. The van der Waals surface area contributed by atoms with Gasteiger partial charge < -0.3 is 9.80 Å². The zero-order valence-electron chi connectivity index (χ0n) is 11.9. The Labute approximate surface area is 124 Å². The second kappa shape index (κ2) is 4.73. The molecular formula is C16H18N4O. The van der Waals surface area contributed by atoms with Crippen molar-refractivity contribution in [2.75, 3.05) is 31.1 Å². The quantitative estimate of drug-likeness (QED) is 0.837. The van der Waals surface area contributed by atoms with Crippen LogP contribution in [0, 0.1) is 29.1 Å². The van der Waals surface area contributed by atoms with Crippen molar-refractivity contribution in [1.29, 1.82) is 5.26 Å². The van der Waals surface area contributed by atoms with Gasteiger partial charge in [-0.25, -0.2) is 4.98 Å². The molecule has 2 saturated heterocycles. The number of rotatable bonds is 3. The minimum Gasteiger partial charge on any atom is -0.355 e. The average molecular weight is 282 g/mol. The summed E-state index contributed by atoms with van der Waals surface area (Å²) in [5, 5.41) is 8.81. The molecule has 0 spiro atoms. The molecule has 0 N–H and O–H groups in total. The second-order valence-electron chi connectivity index (χ2n) is 6.48. The molecule has 0 bridgehead atoms. The molecule has 4 rings (SSSR count). The summed E-state index contributed by atoms with van der Waals surface area (Å²) in [5.74, 6) is 2.56. The number of pyridine rings is 1. The third-order valence-electron chi connectivity index (χ3n) is 4.90. The normalized spacial score (nSPS) is 27.9. The van der Waals surface area contributed by atoms with Crippen LogP contribution in [0.1, 0.15) is 18.4 Å². The number of nitriles is 1. The third kappa shape index (κ3) is 2.25. The maximum absolute atomic E-state index is 12.5. The summed E-state index contributed by atoms with van der Waals surface area (Å²) in [5.41, 5.74) is 0.574. The third-order valence-corrected chi connectivity index (χ3v) is 4.90. The maximum Gasteiger partial charge on any atom is 0.227 e. The van der Waals surface area contributed by atoms with E-state index in [2.05, 4.69) is 20.9 Å². The highest BCUT2D eigenvalue weighted by molar-refractivity contribution is 5.83. The lowest BCUT2D eigenvalue weighted by molar-refractivity contribution is -0.130. The van der Waals surface area contributed by atoms with Gasteiger partial charge in [-0.1, -0.05) is 0 Å². The van der Waals surface area contributed by atoms with Gasteiger partial charge in [-0.05, 0) is 30.9 Å². The van der Waals surface area contributed by atoms with Crippen molar-refractivity contribution in [3.8, 4) is 6.07 Å². The monoisotopic (exact) mass is 282 g/mol. The number of likely N-dealkylation sites (tertiary alicyclic amines) is 1. The fourth-order valence-corrected chi connectivity index (χ4v) is 3.55. The lowest BCUT2D eigenvalue weighted by atomic mass is 10.0. The molecule has 5 nitrogen and oxygen atoms in total. The van der Waals surface area contributed by atoms with E-state index in [9.17, 15) is 4.79 Å². The summed E-state index contributed by atoms with van der Waals surface area (Å²) < 4.78 is 0. The highest BCUT2D eigenvalue weighted by Gasteiger charge is 2.47. The van der Waals surface area contributed by atoms with Crippen LogP contribution in [0.2, 0.25) is 0 Å². The molecule has 108 valence electrons. The van der Waals surface area contributed by atoms with Crippen molar-refractivity contribution in [1.82, 2.24) is 9.88 Å². The van der Waals surface area contributed by atoms with Crippen molar-refractivity contribution in [2.24, 2.45) is 17.8 Å². The van der Waals surface area contributed by atoms with Gasteiger partial charge in [0.05, 0.1) is 11.5 Å². The standard InChI is InChI=1S/C16H18N4O/c17-5-12-3-4-15(18-6-12)19-8-13-9-20(7-11-1-2-11)16(21)14(13)10-19/h3-4,6,11,13-14H,1-2,7-10H2/t13-,14-/m1/s1. The number of hydrogen-bond acceptors (Lipinski definition) is 4. The topological polar surface area (TPSA) is 60.2 Å². The number of carbonyl (C=O) groups excluding carboxylic acids is 1. The van der Waals surface area contributed by atoms with Gasteiger partial charge in [-0.3, -0.25) is 4.79 Å². The Bertz CT molecular complexity index is 602. The molecule has 3 fully saturated rings. The molecule has 1 aromatic rings. The predicted octanol–water partition coefficient (Wildman–Crippen LogP) is 1.26. The van der Waals surface area contributed by atoms with E-state index in [1.54, 1.807) is 12.3 Å². The lowest BCUT2D eigenvalue weighted by Crippen LogP contribution is -2.34. The van der Waals surface area contributed by atoms with Crippen molar-refractivity contribution in [2.45, 2.75) is 12.8 Å². The number of anilines is 1. The highest BCUT2D eigenvalue weighted by Crippen LogP contribution is 2.37. The van der Waals surface area contributed by atoms with Crippen molar-refractivity contribution in [3.05, 3.63) is 23.9 Å². The number of aromatic nitrogens is 1. The number of hydrogen-bond donors (Lipinski definition) is 0. The van der Waals surface area contributed by atoms with Crippen LogP contribution in [0.25, 0.3) is 0 Å². The van der Waals surface area contributed by atoms with Gasteiger partial charge in [0.25, 0.3) is 0 Å². The van der Waals surface area contributed by atoms with E-state index >= 15 is 0 Å². The number of fused-ring (bicyclic) bond motifs is 1. The average Bonchev–Trinajstić information content (AvgIpc) is 3.16. The van der Waals surface area contributed by atoms with Gasteiger partial charge in [0.1, 0.15) is 11.9 Å². The van der Waals surface area contributed by atoms with E-state index in [0.29, 0.717) is 17.4 Å². The van der Waals surface area contributed by atoms with Crippen molar-refractivity contribution >= 4 is 11.7 Å². The number of amides is 1. The molecule has 0 aromatic carbocycles. The van der Waals surface area contributed by atoms with E-state index < -0.39 is 0 Å². The summed E-state index contributed by atoms with van der Waals surface area (Å²) >= 11 is 0. The fourth-order valence-electron chi connectivity index (χ4n) is 3.55. The number of nitrogens with zero attached hydrogens (tertiary/aromatic N) is 4. The Balaban J connectivity index is 1.44. The molecule has 2 atom stereocenters. The van der Waals surface area contributed by atoms with Gasteiger partial charge in [-0.2, -0.15) is 5.26 Å². The summed E-state index contributed by atoms with van der Waals surface area (Å²) in [6, 6.07) is 5.75. The zero-order chi connectivity index (χ0) is 14.4. The van der Waals surface area contributed by atoms with Crippen LogP contribution < -0.4 is 4.90 Å². The Morgan fingerprint density at radius 1 is 1.29 bits per heavy atom. The Morgan fingerprint density at radius 3 is 2.76 bits per heavy atom. The zero-order valence-corrected chi connectivity index (χ0v) is 11.9. The molecule has 0 unspecified atom stereocenters. The lowest BCUT2D eigenvalue weighted by Gasteiger charge is -2.22. The molecule has 3 heterocycles. The molecule has 1 amide bonds. The van der Waals surface area contributed by atoms with Crippen LogP contribution >= 0.6 is 0 Å². The van der Waals surface area contributed by atoms with Crippen LogP contribution in [0.3, 0.4) is 0 Å². The first-order valence-corrected chi connectivity index (χ1v) is 7.64. The van der Waals surface area contributed by atoms with Crippen molar-refractivity contribution in [3.63, 3.8) is 0 Å². The van der Waals surface area contributed by atoms with Gasteiger partial charge in [-0.15, -0.1) is 0 Å². The largest absolute Gasteiger partial charge is 0.355 e. The number of carbonyl (C=O) groups is 1. The predicted molar refractivity (Wildman–Crippen MR) is 77.4 cm³/mol. The Kier molecular flexibility index (Phi) is 2.85. The minimum atomic E-state index is 0.140. The first-order valence-electron chi connectivity index (χ1n) is 7.64. The first kappa shape index (κ1) is 12.6.